The van der Waals surface area contributed by atoms with Gasteiger partial charge in [-0.15, -0.1) is 0 Å². The van der Waals surface area contributed by atoms with Crippen molar-refractivity contribution < 1.29 is 19.2 Å². The molecule has 1 heterocycles. The number of benzene rings is 2. The Bertz CT molecular complexity index is 1160. The van der Waals surface area contributed by atoms with Crippen LogP contribution in [0.3, 0.4) is 0 Å². The lowest BCUT2D eigenvalue weighted by Gasteiger charge is -2.31. The molecule has 2 aromatic rings. The number of carbonyl (C=O) groups is 4. The molecule has 4 atom stereocenters. The molecule has 33 heavy (non-hydrogen) atoms. The van der Waals surface area contributed by atoms with Crippen LogP contribution in [0.15, 0.2) is 46.9 Å². The van der Waals surface area contributed by atoms with Crippen LogP contribution in [0.25, 0.3) is 0 Å². The lowest BCUT2D eigenvalue weighted by atomic mass is 9.81. The number of imide groups is 1. The maximum absolute atomic E-state index is 13.6. The summed E-state index contributed by atoms with van der Waals surface area (Å²) in [6.07, 6.45) is 2.69. The van der Waals surface area contributed by atoms with E-state index >= 15 is 0 Å². The van der Waals surface area contributed by atoms with Gasteiger partial charge in [0.05, 0.1) is 22.4 Å². The second-order valence-electron chi connectivity index (χ2n) is 8.79. The van der Waals surface area contributed by atoms with Crippen molar-refractivity contribution in [1.29, 1.82) is 0 Å². The van der Waals surface area contributed by atoms with Crippen molar-refractivity contribution in [2.24, 2.45) is 23.7 Å². The van der Waals surface area contributed by atoms with Crippen LogP contribution in [-0.4, -0.2) is 40.1 Å². The standard InChI is InChI=1S/C24H19BrCl2N2O4/c25-15-5-3-12(4-6-15)19(30)11-28(22(31)17-8-7-16(26)10-18(17)27)29-23(32)20-13-1-2-14(9-13)21(20)24(29)33/h3-8,10,13-14,20-21H,1-2,9,11H2/t13-,14-,20-,21+/m0/s1. The Kier molecular flexibility index (Phi) is 5.83. The topological polar surface area (TPSA) is 74.8 Å². The third-order valence-corrected chi connectivity index (χ3v) is 8.08. The Hall–Kier alpha value is -2.22. The van der Waals surface area contributed by atoms with E-state index in [4.69, 9.17) is 23.2 Å². The van der Waals surface area contributed by atoms with Gasteiger partial charge in [0.25, 0.3) is 17.7 Å². The Morgan fingerprint density at radius 3 is 2.15 bits per heavy atom. The molecule has 170 valence electrons. The van der Waals surface area contributed by atoms with E-state index in [9.17, 15) is 19.2 Å². The Morgan fingerprint density at radius 2 is 1.58 bits per heavy atom. The summed E-state index contributed by atoms with van der Waals surface area (Å²) >= 11 is 15.6. The van der Waals surface area contributed by atoms with Crippen LogP contribution in [0.5, 0.6) is 0 Å². The quantitative estimate of drug-likeness (QED) is 0.387. The molecule has 0 aromatic heterocycles. The van der Waals surface area contributed by atoms with Crippen LogP contribution in [0.2, 0.25) is 10.0 Å². The van der Waals surface area contributed by atoms with Crippen molar-refractivity contribution in [1.82, 2.24) is 10.0 Å². The number of hydrazine groups is 1. The molecular weight excluding hydrogens is 531 g/mol. The maximum atomic E-state index is 13.6. The molecule has 0 spiro atoms. The lowest BCUT2D eigenvalue weighted by molar-refractivity contribution is -0.154. The zero-order valence-corrected chi connectivity index (χ0v) is 20.4. The van der Waals surface area contributed by atoms with E-state index in [0.29, 0.717) is 10.6 Å². The van der Waals surface area contributed by atoms with Crippen LogP contribution >= 0.6 is 39.1 Å². The van der Waals surface area contributed by atoms with E-state index < -0.39 is 41.9 Å². The smallest absolute Gasteiger partial charge is 0.274 e. The number of amides is 3. The molecule has 3 aliphatic rings. The normalized spacial score (nSPS) is 25.5. The summed E-state index contributed by atoms with van der Waals surface area (Å²) in [7, 11) is 0. The number of halogens is 3. The third-order valence-electron chi connectivity index (χ3n) is 7.00. The zero-order chi connectivity index (χ0) is 23.4. The average Bonchev–Trinajstić information content (AvgIpc) is 3.46. The first-order valence-corrected chi connectivity index (χ1v) is 12.2. The molecular formula is C24H19BrCl2N2O4. The minimum atomic E-state index is -0.698. The molecule has 0 N–H and O–H groups in total. The Morgan fingerprint density at radius 1 is 0.970 bits per heavy atom. The Labute approximate surface area is 208 Å². The molecule has 9 heteroatoms. The highest BCUT2D eigenvalue weighted by Gasteiger charge is 2.62. The largest absolute Gasteiger partial charge is 0.292 e. The summed E-state index contributed by atoms with van der Waals surface area (Å²) in [6.45, 7) is -0.467. The Balaban J connectivity index is 1.52. The predicted octanol–water partition coefficient (Wildman–Crippen LogP) is 5.03. The summed E-state index contributed by atoms with van der Waals surface area (Å²) in [5, 5.41) is 2.28. The van der Waals surface area contributed by atoms with Gasteiger partial charge < -0.3 is 0 Å². The SMILES string of the molecule is O=C(CN(C(=O)c1ccc(Cl)cc1Cl)N1C(=O)[C@@H]2[C@H]3CC[C@@H](C3)[C@@H]2C1=O)c1ccc(Br)cc1. The van der Waals surface area contributed by atoms with E-state index in [1.807, 2.05) is 0 Å². The van der Waals surface area contributed by atoms with Crippen molar-refractivity contribution >= 4 is 62.6 Å². The monoisotopic (exact) mass is 548 g/mol. The van der Waals surface area contributed by atoms with Crippen LogP contribution in [0, 0.1) is 23.7 Å². The summed E-state index contributed by atoms with van der Waals surface area (Å²) in [4.78, 5) is 53.5. The third kappa shape index (κ3) is 3.80. The lowest BCUT2D eigenvalue weighted by Crippen LogP contribution is -2.52. The number of carbonyl (C=O) groups excluding carboxylic acids is 4. The van der Waals surface area contributed by atoms with Crippen LogP contribution in [-0.2, 0) is 9.59 Å². The molecule has 2 aliphatic carbocycles. The van der Waals surface area contributed by atoms with Gasteiger partial charge >= 0.3 is 0 Å². The predicted molar refractivity (Wildman–Crippen MR) is 126 cm³/mol. The second kappa shape index (κ2) is 8.53. The highest BCUT2D eigenvalue weighted by molar-refractivity contribution is 9.10. The fourth-order valence-electron chi connectivity index (χ4n) is 5.53. The highest BCUT2D eigenvalue weighted by Crippen LogP contribution is 2.56. The van der Waals surface area contributed by atoms with Crippen LogP contribution in [0.4, 0.5) is 0 Å². The van der Waals surface area contributed by atoms with Gasteiger partial charge in [-0.1, -0.05) is 51.3 Å². The molecule has 0 radical (unpaired) electrons. The number of hydrogen-bond acceptors (Lipinski definition) is 4. The summed E-state index contributed by atoms with van der Waals surface area (Å²) in [5.74, 6) is -2.44. The first-order chi connectivity index (χ1) is 15.8. The van der Waals surface area contributed by atoms with Crippen molar-refractivity contribution in [2.75, 3.05) is 6.54 Å². The fraction of sp³-hybridized carbons (Fsp3) is 0.333. The van der Waals surface area contributed by atoms with Crippen molar-refractivity contribution in [2.45, 2.75) is 19.3 Å². The summed E-state index contributed by atoms with van der Waals surface area (Å²) < 4.78 is 0.799. The molecule has 5 rings (SSSR count). The molecule has 3 fully saturated rings. The fourth-order valence-corrected chi connectivity index (χ4v) is 6.28. The zero-order valence-electron chi connectivity index (χ0n) is 17.3. The van der Waals surface area contributed by atoms with Crippen molar-refractivity contribution in [3.8, 4) is 0 Å². The van der Waals surface area contributed by atoms with Crippen molar-refractivity contribution in [3.05, 3.63) is 68.1 Å². The van der Waals surface area contributed by atoms with Crippen molar-refractivity contribution in [3.63, 3.8) is 0 Å². The van der Waals surface area contributed by atoms with Gasteiger partial charge in [-0.2, -0.15) is 5.01 Å². The minimum absolute atomic E-state index is 0.0605. The number of ketones is 1. The summed E-state index contributed by atoms with van der Waals surface area (Å²) in [6, 6.07) is 11.0. The van der Waals surface area contributed by atoms with Gasteiger partial charge in [0.2, 0.25) is 0 Å². The van der Waals surface area contributed by atoms with Gasteiger partial charge in [0.15, 0.2) is 5.78 Å². The molecule has 3 amide bonds. The van der Waals surface area contributed by atoms with E-state index in [-0.39, 0.29) is 22.4 Å². The van der Waals surface area contributed by atoms with Crippen LogP contribution < -0.4 is 0 Å². The van der Waals surface area contributed by atoms with Gasteiger partial charge in [-0.3, -0.25) is 19.2 Å². The van der Waals surface area contributed by atoms with Gasteiger partial charge in [-0.05, 0) is 61.4 Å². The van der Waals surface area contributed by atoms with Gasteiger partial charge in [-0.25, -0.2) is 5.01 Å². The number of nitrogens with zero attached hydrogens (tertiary/aromatic N) is 2. The number of fused-ring (bicyclic) bond motifs is 5. The van der Waals surface area contributed by atoms with E-state index in [2.05, 4.69) is 15.9 Å². The number of Topliss-reactive ketones (excluding diaryl/α,β-unsaturated/α-hetero) is 1. The molecule has 2 aromatic carbocycles. The maximum Gasteiger partial charge on any atom is 0.274 e. The molecule has 6 nitrogen and oxygen atoms in total. The number of hydrogen-bond donors (Lipinski definition) is 0. The average molecular weight is 550 g/mol. The van der Waals surface area contributed by atoms with E-state index in [1.54, 1.807) is 24.3 Å². The van der Waals surface area contributed by atoms with E-state index in [1.165, 1.54) is 18.2 Å². The molecule has 2 saturated carbocycles. The highest BCUT2D eigenvalue weighted by atomic mass is 79.9. The molecule has 1 aliphatic heterocycles. The second-order valence-corrected chi connectivity index (χ2v) is 10.5. The minimum Gasteiger partial charge on any atom is -0.292 e. The number of rotatable bonds is 5. The van der Waals surface area contributed by atoms with Crippen LogP contribution in [0.1, 0.15) is 40.0 Å². The van der Waals surface area contributed by atoms with Gasteiger partial charge in [0.1, 0.15) is 6.54 Å². The molecule has 2 bridgehead atoms. The molecule has 1 saturated heterocycles. The van der Waals surface area contributed by atoms with Gasteiger partial charge in [0, 0.05) is 15.1 Å². The summed E-state index contributed by atoms with van der Waals surface area (Å²) in [5.41, 5.74) is 0.419. The molecule has 0 unspecified atom stereocenters. The van der Waals surface area contributed by atoms with E-state index in [0.717, 1.165) is 33.8 Å². The first kappa shape index (κ1) is 22.6. The first-order valence-electron chi connectivity index (χ1n) is 10.7.